The van der Waals surface area contributed by atoms with Crippen LogP contribution in [0.2, 0.25) is 0 Å². The SMILES string of the molecule is CCOC(=O)N1CC2(CC(=O)c3cc(C=CC(=O)NOC4CCCCO4)ccc3O2)C1. The Balaban J connectivity index is 1.33. The predicted molar refractivity (Wildman–Crippen MR) is 109 cm³/mol. The monoisotopic (exact) mass is 430 g/mol. The van der Waals surface area contributed by atoms with E-state index >= 15 is 0 Å². The minimum atomic E-state index is -0.688. The first-order valence-electron chi connectivity index (χ1n) is 10.5. The zero-order chi connectivity index (χ0) is 21.8. The molecule has 0 saturated carbocycles. The fraction of sp³-hybridized carbons (Fsp3) is 0.500. The summed E-state index contributed by atoms with van der Waals surface area (Å²) in [6.45, 7) is 3.33. The van der Waals surface area contributed by atoms with Gasteiger partial charge in [-0.2, -0.15) is 0 Å². The molecule has 1 spiro atoms. The highest BCUT2D eigenvalue weighted by Crippen LogP contribution is 2.39. The fourth-order valence-corrected chi connectivity index (χ4v) is 3.92. The van der Waals surface area contributed by atoms with Gasteiger partial charge in [0.25, 0.3) is 5.91 Å². The third kappa shape index (κ3) is 4.88. The summed E-state index contributed by atoms with van der Waals surface area (Å²) < 4.78 is 16.4. The van der Waals surface area contributed by atoms with Crippen molar-refractivity contribution in [2.24, 2.45) is 0 Å². The van der Waals surface area contributed by atoms with Crippen LogP contribution in [0.25, 0.3) is 6.08 Å². The molecular weight excluding hydrogens is 404 g/mol. The molecule has 3 aliphatic rings. The number of nitrogens with one attached hydrogen (secondary N) is 1. The molecule has 2 fully saturated rings. The summed E-state index contributed by atoms with van der Waals surface area (Å²) in [5.41, 5.74) is 2.83. The minimum Gasteiger partial charge on any atom is -0.482 e. The van der Waals surface area contributed by atoms with Gasteiger partial charge in [0.05, 0.1) is 31.7 Å². The lowest BCUT2D eigenvalue weighted by atomic mass is 9.83. The molecule has 2 amide bonds. The van der Waals surface area contributed by atoms with E-state index < -0.39 is 23.9 Å². The van der Waals surface area contributed by atoms with Crippen LogP contribution in [0.15, 0.2) is 24.3 Å². The van der Waals surface area contributed by atoms with Gasteiger partial charge in [-0.3, -0.25) is 9.59 Å². The molecule has 0 aliphatic carbocycles. The van der Waals surface area contributed by atoms with E-state index in [0.29, 0.717) is 43.2 Å². The van der Waals surface area contributed by atoms with Crippen LogP contribution in [0.4, 0.5) is 4.79 Å². The Morgan fingerprint density at radius 1 is 1.32 bits per heavy atom. The Labute approximate surface area is 180 Å². The summed E-state index contributed by atoms with van der Waals surface area (Å²) in [5, 5.41) is 0. The van der Waals surface area contributed by atoms with Gasteiger partial charge in [0, 0.05) is 19.1 Å². The molecule has 31 heavy (non-hydrogen) atoms. The van der Waals surface area contributed by atoms with Crippen LogP contribution < -0.4 is 10.2 Å². The molecular formula is C22H26N2O7. The highest BCUT2D eigenvalue weighted by atomic mass is 16.8. The fourth-order valence-electron chi connectivity index (χ4n) is 3.92. The highest BCUT2D eigenvalue weighted by Gasteiger charge is 2.52. The zero-order valence-electron chi connectivity index (χ0n) is 17.4. The topological polar surface area (TPSA) is 103 Å². The minimum absolute atomic E-state index is 0.0535. The van der Waals surface area contributed by atoms with Crippen molar-refractivity contribution >= 4 is 23.9 Å². The molecule has 3 aliphatic heterocycles. The number of Topliss-reactive ketones (excluding diaryl/α,β-unsaturated/α-hetero) is 1. The van der Waals surface area contributed by atoms with Crippen molar-refractivity contribution in [1.82, 2.24) is 10.4 Å². The van der Waals surface area contributed by atoms with Crippen LogP contribution in [0.3, 0.4) is 0 Å². The molecule has 0 aromatic heterocycles. The number of carbonyl (C=O) groups excluding carboxylic acids is 3. The number of hydrogen-bond donors (Lipinski definition) is 1. The summed E-state index contributed by atoms with van der Waals surface area (Å²) in [4.78, 5) is 43.2. The first kappa shape index (κ1) is 21.3. The molecule has 9 heteroatoms. The average molecular weight is 430 g/mol. The Hall–Kier alpha value is -2.91. The van der Waals surface area contributed by atoms with Crippen molar-refractivity contribution in [2.45, 2.75) is 44.5 Å². The second-order valence-electron chi connectivity index (χ2n) is 7.91. The normalized spacial score (nSPS) is 21.9. The van der Waals surface area contributed by atoms with Crippen molar-refractivity contribution < 1.29 is 33.4 Å². The molecule has 3 heterocycles. The maximum absolute atomic E-state index is 12.7. The lowest BCUT2D eigenvalue weighted by molar-refractivity contribution is -0.198. The van der Waals surface area contributed by atoms with E-state index in [2.05, 4.69) is 5.48 Å². The van der Waals surface area contributed by atoms with Crippen LogP contribution in [-0.2, 0) is 19.1 Å². The molecule has 1 unspecified atom stereocenters. The summed E-state index contributed by atoms with van der Waals surface area (Å²) in [5.74, 6) is 0.0170. The number of hydroxylamine groups is 1. The highest BCUT2D eigenvalue weighted by molar-refractivity contribution is 6.01. The van der Waals surface area contributed by atoms with Crippen molar-refractivity contribution in [3.05, 3.63) is 35.4 Å². The molecule has 166 valence electrons. The summed E-state index contributed by atoms with van der Waals surface area (Å²) >= 11 is 0. The Morgan fingerprint density at radius 2 is 2.16 bits per heavy atom. The van der Waals surface area contributed by atoms with Gasteiger partial charge in [-0.1, -0.05) is 6.07 Å². The average Bonchev–Trinajstić information content (AvgIpc) is 2.75. The summed E-state index contributed by atoms with van der Waals surface area (Å²) in [6.07, 6.45) is 5.07. The van der Waals surface area contributed by atoms with Crippen LogP contribution in [-0.4, -0.2) is 60.9 Å². The Bertz CT molecular complexity index is 886. The van der Waals surface area contributed by atoms with Crippen LogP contribution in [0.1, 0.15) is 48.5 Å². The molecule has 1 N–H and O–H groups in total. The number of nitrogens with zero attached hydrogens (tertiary/aromatic N) is 1. The van der Waals surface area contributed by atoms with E-state index in [4.69, 9.17) is 19.0 Å². The number of hydrogen-bond acceptors (Lipinski definition) is 7. The van der Waals surface area contributed by atoms with Gasteiger partial charge in [-0.05, 0) is 43.5 Å². The van der Waals surface area contributed by atoms with Crippen LogP contribution in [0.5, 0.6) is 5.75 Å². The molecule has 2 saturated heterocycles. The number of fused-ring (bicyclic) bond motifs is 1. The molecule has 1 aromatic carbocycles. The van der Waals surface area contributed by atoms with E-state index in [1.54, 1.807) is 31.2 Å². The number of ketones is 1. The van der Waals surface area contributed by atoms with Gasteiger partial charge in [-0.25, -0.2) is 15.1 Å². The van der Waals surface area contributed by atoms with Crippen LogP contribution in [0, 0.1) is 0 Å². The Morgan fingerprint density at radius 3 is 2.90 bits per heavy atom. The quantitative estimate of drug-likeness (QED) is 0.565. The van der Waals surface area contributed by atoms with Crippen molar-refractivity contribution in [2.75, 3.05) is 26.3 Å². The van der Waals surface area contributed by atoms with Gasteiger partial charge in [0.15, 0.2) is 17.7 Å². The number of amides is 2. The predicted octanol–water partition coefficient (Wildman–Crippen LogP) is 2.45. The molecule has 0 bridgehead atoms. The second-order valence-corrected chi connectivity index (χ2v) is 7.91. The first-order chi connectivity index (χ1) is 15.0. The van der Waals surface area contributed by atoms with Gasteiger partial charge in [0.2, 0.25) is 0 Å². The molecule has 1 aromatic rings. The molecule has 1 atom stereocenters. The number of benzene rings is 1. The smallest absolute Gasteiger partial charge is 0.410 e. The summed E-state index contributed by atoms with van der Waals surface area (Å²) in [7, 11) is 0. The lowest BCUT2D eigenvalue weighted by Crippen LogP contribution is -2.68. The van der Waals surface area contributed by atoms with E-state index in [0.717, 1.165) is 19.3 Å². The maximum atomic E-state index is 12.7. The third-order valence-corrected chi connectivity index (χ3v) is 5.45. The summed E-state index contributed by atoms with van der Waals surface area (Å²) in [6, 6.07) is 5.17. The van der Waals surface area contributed by atoms with Gasteiger partial charge in [-0.15, -0.1) is 0 Å². The molecule has 9 nitrogen and oxygen atoms in total. The van der Waals surface area contributed by atoms with E-state index in [-0.39, 0.29) is 12.2 Å². The molecule has 4 rings (SSSR count). The lowest BCUT2D eigenvalue weighted by Gasteiger charge is -2.50. The van der Waals surface area contributed by atoms with Gasteiger partial charge < -0.3 is 19.1 Å². The van der Waals surface area contributed by atoms with Crippen molar-refractivity contribution in [3.8, 4) is 5.75 Å². The van der Waals surface area contributed by atoms with E-state index in [9.17, 15) is 14.4 Å². The van der Waals surface area contributed by atoms with E-state index in [1.807, 2.05) is 0 Å². The van der Waals surface area contributed by atoms with Crippen LogP contribution >= 0.6 is 0 Å². The zero-order valence-corrected chi connectivity index (χ0v) is 17.4. The van der Waals surface area contributed by atoms with Crippen molar-refractivity contribution in [3.63, 3.8) is 0 Å². The maximum Gasteiger partial charge on any atom is 0.410 e. The Kier molecular flexibility index (Phi) is 6.24. The third-order valence-electron chi connectivity index (χ3n) is 5.45. The van der Waals surface area contributed by atoms with Gasteiger partial charge in [0.1, 0.15) is 5.75 Å². The van der Waals surface area contributed by atoms with Crippen molar-refractivity contribution in [1.29, 1.82) is 0 Å². The number of rotatable bonds is 5. The molecule has 0 radical (unpaired) electrons. The standard InChI is InChI=1S/C22H26N2O7/c1-2-28-21(27)24-13-22(14-24)12-17(25)16-11-15(6-8-18(16)30-22)7-9-19(26)23-31-20-5-3-4-10-29-20/h6-9,11,20H,2-5,10,12-14H2,1H3,(H,23,26). The largest absolute Gasteiger partial charge is 0.482 e. The second kappa shape index (κ2) is 9.07. The first-order valence-corrected chi connectivity index (χ1v) is 10.5. The van der Waals surface area contributed by atoms with E-state index in [1.165, 1.54) is 11.0 Å². The number of carbonyl (C=O) groups is 3. The number of likely N-dealkylation sites (tertiary alicyclic amines) is 1. The number of ether oxygens (including phenoxy) is 3. The van der Waals surface area contributed by atoms with Gasteiger partial charge >= 0.3 is 6.09 Å².